The fraction of sp³-hybridized carbons (Fsp3) is 0.846. The number of carbonyl (C=O) groups excluding carboxylic acids is 2. The fourth-order valence-electron chi connectivity index (χ4n) is 4.94. The molecule has 0 bridgehead atoms. The zero-order valence-corrected chi connectivity index (χ0v) is 19.9. The van der Waals surface area contributed by atoms with Crippen molar-refractivity contribution in [2.24, 2.45) is 29.1 Å². The van der Waals surface area contributed by atoms with Crippen molar-refractivity contribution >= 4 is 11.6 Å². The van der Waals surface area contributed by atoms with Gasteiger partial charge in [0.25, 0.3) is 0 Å². The summed E-state index contributed by atoms with van der Waals surface area (Å²) in [6.07, 6.45) is 13.7. The Hall–Kier alpha value is -1.00. The molecule has 0 amide bonds. The molecule has 1 N–H and O–H groups in total. The highest BCUT2D eigenvalue weighted by atomic mass is 16.5. The number of ketones is 2. The van der Waals surface area contributed by atoms with E-state index >= 15 is 0 Å². The predicted octanol–water partition coefficient (Wildman–Crippen LogP) is 5.52. The third-order valence-electron chi connectivity index (χ3n) is 7.48. The fourth-order valence-corrected chi connectivity index (χ4v) is 4.94. The Balaban J connectivity index is 1.75. The van der Waals surface area contributed by atoms with E-state index in [4.69, 9.17) is 4.74 Å². The van der Waals surface area contributed by atoms with Crippen LogP contribution in [0.15, 0.2) is 12.2 Å². The van der Waals surface area contributed by atoms with Crippen LogP contribution < -0.4 is 0 Å². The minimum absolute atomic E-state index is 0.00244. The monoisotopic (exact) mass is 420 g/mol. The molecule has 0 spiro atoms. The van der Waals surface area contributed by atoms with Crippen LogP contribution in [0.3, 0.4) is 0 Å². The quantitative estimate of drug-likeness (QED) is 0.422. The Morgan fingerprint density at radius 2 is 1.33 bits per heavy atom. The van der Waals surface area contributed by atoms with Gasteiger partial charge in [-0.3, -0.25) is 9.59 Å². The minimum Gasteiger partial charge on any atom is -0.396 e. The van der Waals surface area contributed by atoms with E-state index < -0.39 is 0 Å². The van der Waals surface area contributed by atoms with Crippen LogP contribution in [0.2, 0.25) is 0 Å². The van der Waals surface area contributed by atoms with E-state index in [9.17, 15) is 14.7 Å². The highest BCUT2D eigenvalue weighted by Gasteiger charge is 2.35. The topological polar surface area (TPSA) is 63.6 Å². The summed E-state index contributed by atoms with van der Waals surface area (Å²) in [6, 6.07) is 0. The van der Waals surface area contributed by atoms with E-state index in [-0.39, 0.29) is 41.3 Å². The summed E-state index contributed by atoms with van der Waals surface area (Å²) in [5.74, 6) is 1.06. The predicted molar refractivity (Wildman–Crippen MR) is 121 cm³/mol. The Kier molecular flexibility index (Phi) is 9.30. The second-order valence-corrected chi connectivity index (χ2v) is 11.0. The Morgan fingerprint density at radius 1 is 0.867 bits per heavy atom. The summed E-state index contributed by atoms with van der Waals surface area (Å²) >= 11 is 0. The molecule has 2 fully saturated rings. The average molecular weight is 421 g/mol. The number of hydrogen-bond donors (Lipinski definition) is 1. The van der Waals surface area contributed by atoms with Gasteiger partial charge in [0.2, 0.25) is 0 Å². The van der Waals surface area contributed by atoms with Crippen LogP contribution in [0.1, 0.15) is 91.9 Å². The molecular weight excluding hydrogens is 376 g/mol. The highest BCUT2D eigenvalue weighted by molar-refractivity contribution is 5.88. The standard InChI is InChI=1S/C26H44O4/c1-25(2,18-27)16-6-8-19-10-12-21(23(19)28)14-15-22-13-11-20(24(22)29)9-7-17-26(3,4)30-5/h14-15,19-22,27H,6-13,16-18H2,1-5H3/b15-14-. The van der Waals surface area contributed by atoms with Crippen LogP contribution in [0.25, 0.3) is 0 Å². The third-order valence-corrected chi connectivity index (χ3v) is 7.48. The van der Waals surface area contributed by atoms with Gasteiger partial charge >= 0.3 is 0 Å². The molecule has 0 aromatic carbocycles. The van der Waals surface area contributed by atoms with Crippen LogP contribution in [0, 0.1) is 29.1 Å². The molecule has 0 aliphatic heterocycles. The molecule has 0 aromatic rings. The van der Waals surface area contributed by atoms with Crippen LogP contribution in [0.4, 0.5) is 0 Å². The number of aliphatic hydroxyl groups is 1. The van der Waals surface area contributed by atoms with Crippen LogP contribution in [-0.4, -0.2) is 36.0 Å². The Morgan fingerprint density at radius 3 is 1.77 bits per heavy atom. The third kappa shape index (κ3) is 7.30. The Labute approximate surface area is 183 Å². The highest BCUT2D eigenvalue weighted by Crippen LogP contribution is 2.36. The van der Waals surface area contributed by atoms with Gasteiger partial charge in [-0.25, -0.2) is 0 Å². The second kappa shape index (κ2) is 11.0. The number of hydrogen-bond acceptors (Lipinski definition) is 4. The molecule has 172 valence electrons. The van der Waals surface area contributed by atoms with Gasteiger partial charge in [-0.15, -0.1) is 0 Å². The van der Waals surface area contributed by atoms with Crippen molar-refractivity contribution in [2.75, 3.05) is 13.7 Å². The first kappa shape index (κ1) is 25.3. The summed E-state index contributed by atoms with van der Waals surface area (Å²) in [5.41, 5.74) is -0.173. The smallest absolute Gasteiger partial charge is 0.142 e. The molecule has 2 rings (SSSR count). The molecule has 4 unspecified atom stereocenters. The average Bonchev–Trinajstić information content (AvgIpc) is 3.23. The van der Waals surface area contributed by atoms with Crippen LogP contribution >= 0.6 is 0 Å². The largest absolute Gasteiger partial charge is 0.396 e. The molecule has 0 radical (unpaired) electrons. The number of allylic oxidation sites excluding steroid dienone is 2. The number of methoxy groups -OCH3 is 1. The lowest BCUT2D eigenvalue weighted by atomic mass is 9.86. The van der Waals surface area contributed by atoms with Gasteiger partial charge in [0.15, 0.2) is 0 Å². The second-order valence-electron chi connectivity index (χ2n) is 11.0. The van der Waals surface area contributed by atoms with E-state index in [2.05, 4.69) is 27.7 Å². The molecule has 0 aromatic heterocycles. The van der Waals surface area contributed by atoms with Crippen molar-refractivity contribution in [3.05, 3.63) is 12.2 Å². The molecule has 30 heavy (non-hydrogen) atoms. The number of Topliss-reactive ketones (excluding diaryl/α,β-unsaturated/α-hetero) is 2. The molecule has 2 saturated carbocycles. The van der Waals surface area contributed by atoms with Crippen LogP contribution in [0.5, 0.6) is 0 Å². The lowest BCUT2D eigenvalue weighted by Gasteiger charge is -2.23. The van der Waals surface area contributed by atoms with Gasteiger partial charge in [0, 0.05) is 37.4 Å². The normalized spacial score (nSPS) is 28.2. The molecule has 2 aliphatic carbocycles. The Bertz CT molecular complexity index is 552. The summed E-state index contributed by atoms with van der Waals surface area (Å²) in [6.45, 7) is 8.51. The molecule has 4 heteroatoms. The van der Waals surface area contributed by atoms with Gasteiger partial charge in [-0.2, -0.15) is 0 Å². The summed E-state index contributed by atoms with van der Waals surface area (Å²) in [7, 11) is 1.74. The van der Waals surface area contributed by atoms with Crippen molar-refractivity contribution in [1.82, 2.24) is 0 Å². The molecule has 0 saturated heterocycles. The van der Waals surface area contributed by atoms with Gasteiger partial charge in [0.05, 0.1) is 5.60 Å². The van der Waals surface area contributed by atoms with E-state index in [1.165, 1.54) is 0 Å². The van der Waals surface area contributed by atoms with E-state index in [1.807, 2.05) is 12.2 Å². The maximum Gasteiger partial charge on any atom is 0.142 e. The number of aliphatic hydroxyl groups excluding tert-OH is 1. The van der Waals surface area contributed by atoms with Gasteiger partial charge in [-0.1, -0.05) is 32.4 Å². The zero-order chi connectivity index (χ0) is 22.4. The molecule has 4 nitrogen and oxygen atoms in total. The van der Waals surface area contributed by atoms with Crippen molar-refractivity contribution in [3.8, 4) is 0 Å². The molecule has 0 heterocycles. The first-order chi connectivity index (χ1) is 14.1. The molecular formula is C26H44O4. The molecule has 2 aliphatic rings. The number of ether oxygens (including phenoxy) is 1. The number of rotatable bonds is 12. The minimum atomic E-state index is -0.117. The maximum absolute atomic E-state index is 12.8. The van der Waals surface area contributed by atoms with Gasteiger partial charge in [-0.05, 0) is 77.0 Å². The van der Waals surface area contributed by atoms with Gasteiger partial charge < -0.3 is 9.84 Å². The maximum atomic E-state index is 12.8. The van der Waals surface area contributed by atoms with Crippen molar-refractivity contribution in [3.63, 3.8) is 0 Å². The van der Waals surface area contributed by atoms with Crippen molar-refractivity contribution in [2.45, 2.75) is 97.5 Å². The summed E-state index contributed by atoms with van der Waals surface area (Å²) < 4.78 is 5.47. The summed E-state index contributed by atoms with van der Waals surface area (Å²) in [5, 5.41) is 9.38. The summed E-state index contributed by atoms with van der Waals surface area (Å²) in [4.78, 5) is 25.5. The first-order valence-corrected chi connectivity index (χ1v) is 12.0. The number of carbonyl (C=O) groups is 2. The van der Waals surface area contributed by atoms with Crippen LogP contribution in [-0.2, 0) is 14.3 Å². The SMILES string of the molecule is COC(C)(C)CCCC1CCC(/C=C\C2CCC(CCCC(C)(C)CO)C2=O)C1=O. The van der Waals surface area contributed by atoms with E-state index in [0.29, 0.717) is 11.6 Å². The van der Waals surface area contributed by atoms with Crippen molar-refractivity contribution in [1.29, 1.82) is 0 Å². The molecule has 4 atom stereocenters. The van der Waals surface area contributed by atoms with Crippen molar-refractivity contribution < 1.29 is 19.4 Å². The lowest BCUT2D eigenvalue weighted by molar-refractivity contribution is -0.124. The first-order valence-electron chi connectivity index (χ1n) is 12.0. The van der Waals surface area contributed by atoms with E-state index in [1.54, 1.807) is 7.11 Å². The zero-order valence-electron chi connectivity index (χ0n) is 19.9. The van der Waals surface area contributed by atoms with Gasteiger partial charge in [0.1, 0.15) is 11.6 Å². The van der Waals surface area contributed by atoms with E-state index in [0.717, 1.165) is 64.2 Å². The lowest BCUT2D eigenvalue weighted by Crippen LogP contribution is -2.22.